The number of hydrogen-bond acceptors (Lipinski definition) is 1. The van der Waals surface area contributed by atoms with Crippen molar-refractivity contribution in [2.24, 2.45) is 0 Å². The predicted octanol–water partition coefficient (Wildman–Crippen LogP) is 5.10. The molecule has 0 radical (unpaired) electrons. The molecule has 3 rings (SSSR count). The Bertz CT molecular complexity index is 936. The van der Waals surface area contributed by atoms with Crippen molar-refractivity contribution in [2.45, 2.75) is 58.3 Å². The van der Waals surface area contributed by atoms with Crippen LogP contribution in [-0.4, -0.2) is 0 Å². The summed E-state index contributed by atoms with van der Waals surface area (Å²) in [5.74, 6) is 6.48. The van der Waals surface area contributed by atoms with Crippen molar-refractivity contribution >= 4 is 0 Å². The molecule has 0 saturated heterocycles. The van der Waals surface area contributed by atoms with Gasteiger partial charge in [0.1, 0.15) is 0 Å². The zero-order valence-electron chi connectivity index (χ0n) is 15.9. The Hall–Kier alpha value is -2.33. The minimum atomic E-state index is 0.0470. The van der Waals surface area contributed by atoms with Gasteiger partial charge in [-0.15, -0.1) is 0 Å². The van der Waals surface area contributed by atoms with Crippen LogP contribution in [0.3, 0.4) is 0 Å². The van der Waals surface area contributed by atoms with Crippen molar-refractivity contribution < 1.29 is 0 Å². The van der Waals surface area contributed by atoms with E-state index in [9.17, 15) is 4.79 Å². The number of hydrogen-bond donors (Lipinski definition) is 0. The lowest BCUT2D eigenvalue weighted by atomic mass is 9.63. The van der Waals surface area contributed by atoms with Crippen LogP contribution < -0.4 is 5.43 Å². The first kappa shape index (κ1) is 17.5. The van der Waals surface area contributed by atoms with Crippen LogP contribution in [-0.2, 0) is 10.8 Å². The van der Waals surface area contributed by atoms with E-state index in [0.717, 1.165) is 16.7 Å². The van der Waals surface area contributed by atoms with Crippen molar-refractivity contribution in [1.29, 1.82) is 0 Å². The number of benzene rings is 1. The predicted molar refractivity (Wildman–Crippen MR) is 105 cm³/mol. The Balaban J connectivity index is 2.02. The van der Waals surface area contributed by atoms with Crippen molar-refractivity contribution in [1.82, 2.24) is 0 Å². The van der Waals surface area contributed by atoms with Gasteiger partial charge >= 0.3 is 0 Å². The number of fused-ring (bicyclic) bond motifs is 1. The third kappa shape index (κ3) is 3.54. The first-order chi connectivity index (χ1) is 11.7. The summed E-state index contributed by atoms with van der Waals surface area (Å²) in [5, 5.41) is 0. The standard InChI is InChI=1S/C24H26O/c1-17-6-7-18(11-13-22(17)25)8-9-19-10-12-20-21(16-19)24(4,5)15-14-23(20,2)3/h6-7,10-13,16H,14-15H2,1-5H3. The molecule has 1 aliphatic carbocycles. The monoisotopic (exact) mass is 330 g/mol. The lowest BCUT2D eigenvalue weighted by Crippen LogP contribution is -2.33. The molecule has 0 fully saturated rings. The van der Waals surface area contributed by atoms with E-state index in [1.807, 2.05) is 19.1 Å². The van der Waals surface area contributed by atoms with Gasteiger partial charge in [0, 0.05) is 11.1 Å². The maximum atomic E-state index is 11.7. The first-order valence-corrected chi connectivity index (χ1v) is 8.97. The highest BCUT2D eigenvalue weighted by atomic mass is 16.1. The molecule has 1 aliphatic rings. The maximum Gasteiger partial charge on any atom is 0.181 e. The maximum absolute atomic E-state index is 11.7. The molecule has 0 bridgehead atoms. The molecule has 0 aromatic heterocycles. The molecular weight excluding hydrogens is 304 g/mol. The largest absolute Gasteiger partial charge is 0.290 e. The lowest BCUT2D eigenvalue weighted by molar-refractivity contribution is 0.332. The Morgan fingerprint density at radius 1 is 0.760 bits per heavy atom. The molecule has 0 saturated carbocycles. The van der Waals surface area contributed by atoms with Gasteiger partial charge in [-0.05, 0) is 77.6 Å². The molecule has 0 unspecified atom stereocenters. The van der Waals surface area contributed by atoms with E-state index < -0.39 is 0 Å². The van der Waals surface area contributed by atoms with E-state index in [2.05, 4.69) is 57.7 Å². The Morgan fingerprint density at radius 3 is 2.04 bits per heavy atom. The normalized spacial score (nSPS) is 17.2. The topological polar surface area (TPSA) is 17.1 Å². The van der Waals surface area contributed by atoms with E-state index >= 15 is 0 Å². The summed E-state index contributed by atoms with van der Waals surface area (Å²) < 4.78 is 0. The van der Waals surface area contributed by atoms with E-state index in [1.54, 1.807) is 12.1 Å². The quantitative estimate of drug-likeness (QED) is 0.614. The Labute approximate surface area is 151 Å². The zero-order valence-corrected chi connectivity index (χ0v) is 15.9. The fraction of sp³-hybridized carbons (Fsp3) is 0.375. The van der Waals surface area contributed by atoms with Gasteiger partial charge in [0.15, 0.2) is 5.43 Å². The summed E-state index contributed by atoms with van der Waals surface area (Å²) in [5.41, 5.74) is 5.98. The summed E-state index contributed by atoms with van der Waals surface area (Å²) in [7, 11) is 0. The third-order valence-electron chi connectivity index (χ3n) is 5.52. The van der Waals surface area contributed by atoms with E-state index in [1.165, 1.54) is 24.0 Å². The second-order valence-corrected chi connectivity index (χ2v) is 8.45. The van der Waals surface area contributed by atoms with Crippen molar-refractivity contribution in [3.05, 3.63) is 80.5 Å². The molecule has 25 heavy (non-hydrogen) atoms. The van der Waals surface area contributed by atoms with Gasteiger partial charge in [-0.3, -0.25) is 4.79 Å². The summed E-state index contributed by atoms with van der Waals surface area (Å²) in [6.07, 6.45) is 2.42. The van der Waals surface area contributed by atoms with Crippen LogP contribution in [0.2, 0.25) is 0 Å². The van der Waals surface area contributed by atoms with Crippen LogP contribution in [0.1, 0.15) is 68.4 Å². The van der Waals surface area contributed by atoms with E-state index in [0.29, 0.717) is 0 Å². The molecule has 2 aromatic carbocycles. The van der Waals surface area contributed by atoms with Crippen LogP contribution in [0.5, 0.6) is 0 Å². The van der Waals surface area contributed by atoms with Gasteiger partial charge in [-0.25, -0.2) is 0 Å². The summed E-state index contributed by atoms with van der Waals surface area (Å²) in [6, 6.07) is 13.8. The molecule has 1 nitrogen and oxygen atoms in total. The van der Waals surface area contributed by atoms with Crippen LogP contribution in [0.15, 0.2) is 47.3 Å². The number of aryl methyl sites for hydroxylation is 1. The van der Waals surface area contributed by atoms with Gasteiger partial charge in [-0.2, -0.15) is 0 Å². The lowest BCUT2D eigenvalue weighted by Gasteiger charge is -2.41. The van der Waals surface area contributed by atoms with Crippen molar-refractivity contribution in [3.8, 4) is 11.8 Å². The highest BCUT2D eigenvalue weighted by Gasteiger charge is 2.36. The smallest absolute Gasteiger partial charge is 0.181 e. The third-order valence-corrected chi connectivity index (χ3v) is 5.52. The average molecular weight is 330 g/mol. The van der Waals surface area contributed by atoms with Gasteiger partial charge < -0.3 is 0 Å². The molecule has 0 atom stereocenters. The second-order valence-electron chi connectivity index (χ2n) is 8.45. The molecule has 2 aromatic rings. The number of rotatable bonds is 0. The molecule has 0 amide bonds. The molecular formula is C24H26O. The van der Waals surface area contributed by atoms with Crippen LogP contribution in [0.4, 0.5) is 0 Å². The Morgan fingerprint density at radius 2 is 1.32 bits per heavy atom. The molecule has 1 heteroatoms. The summed E-state index contributed by atoms with van der Waals surface area (Å²) >= 11 is 0. The minimum absolute atomic E-state index is 0.0470. The Kier molecular flexibility index (Phi) is 4.33. The van der Waals surface area contributed by atoms with Crippen LogP contribution in [0, 0.1) is 18.8 Å². The molecule has 0 N–H and O–H groups in total. The zero-order chi connectivity index (χ0) is 18.2. The average Bonchev–Trinajstić information content (AvgIpc) is 2.72. The van der Waals surface area contributed by atoms with Crippen LogP contribution >= 0.6 is 0 Å². The highest BCUT2D eigenvalue weighted by Crippen LogP contribution is 2.45. The molecule has 128 valence electrons. The first-order valence-electron chi connectivity index (χ1n) is 8.97. The van der Waals surface area contributed by atoms with Crippen molar-refractivity contribution in [3.63, 3.8) is 0 Å². The van der Waals surface area contributed by atoms with Gasteiger partial charge in [-0.1, -0.05) is 51.7 Å². The fourth-order valence-electron chi connectivity index (χ4n) is 3.54. The van der Waals surface area contributed by atoms with Gasteiger partial charge in [0.2, 0.25) is 0 Å². The van der Waals surface area contributed by atoms with Gasteiger partial charge in [0.05, 0.1) is 0 Å². The summed E-state index contributed by atoms with van der Waals surface area (Å²) in [6.45, 7) is 11.1. The summed E-state index contributed by atoms with van der Waals surface area (Å²) in [4.78, 5) is 11.7. The second kappa shape index (κ2) is 6.19. The molecule has 0 aliphatic heterocycles. The highest BCUT2D eigenvalue weighted by molar-refractivity contribution is 5.50. The molecule has 0 spiro atoms. The van der Waals surface area contributed by atoms with Crippen LogP contribution in [0.25, 0.3) is 0 Å². The SMILES string of the molecule is Cc1ccc(C#Cc2ccc3c(c2)C(C)(C)CCC3(C)C)ccc1=O. The van der Waals surface area contributed by atoms with E-state index in [4.69, 9.17) is 0 Å². The van der Waals surface area contributed by atoms with Gasteiger partial charge in [0.25, 0.3) is 0 Å². The minimum Gasteiger partial charge on any atom is -0.290 e. The molecule has 0 heterocycles. The van der Waals surface area contributed by atoms with E-state index in [-0.39, 0.29) is 16.3 Å². The fourth-order valence-corrected chi connectivity index (χ4v) is 3.54. The van der Waals surface area contributed by atoms with Crippen molar-refractivity contribution in [2.75, 3.05) is 0 Å².